The maximum atomic E-state index is 10.4. The number of hydrazine groups is 1. The molecule has 8 heteroatoms. The molecule has 0 atom stereocenters. The fraction of sp³-hybridized carbons (Fsp3) is 0. The van der Waals surface area contributed by atoms with Gasteiger partial charge in [0.15, 0.2) is 0 Å². The highest BCUT2D eigenvalue weighted by atomic mass is 16.7. The van der Waals surface area contributed by atoms with E-state index < -0.39 is 9.96 Å². The standard InChI is InChI=1S/C7H5N4O4/c1-8-9(11(14)15)6-2-4-7(5-3-6)10(12)13/h1-5H. The molecule has 0 fully saturated rings. The molecule has 0 bridgehead atoms. The Labute approximate surface area is 83.7 Å². The van der Waals surface area contributed by atoms with E-state index in [1.54, 1.807) is 0 Å². The number of hydrazone groups is 1. The second kappa shape index (κ2) is 4.13. The van der Waals surface area contributed by atoms with Crippen molar-refractivity contribution in [2.75, 3.05) is 5.12 Å². The molecule has 1 aromatic rings. The molecule has 0 heterocycles. The van der Waals surface area contributed by atoms with Crippen molar-refractivity contribution in [3.05, 3.63) is 44.5 Å². The van der Waals surface area contributed by atoms with Gasteiger partial charge >= 0.3 is 0 Å². The number of non-ortho nitro benzene ring substituents is 1. The third-order valence-corrected chi connectivity index (χ3v) is 1.56. The molecule has 0 saturated carbocycles. The lowest BCUT2D eigenvalue weighted by atomic mass is 10.3. The summed E-state index contributed by atoms with van der Waals surface area (Å²) in [5, 5.41) is 23.0. The smallest absolute Gasteiger partial charge is 0.269 e. The maximum Gasteiger partial charge on any atom is 0.269 e. The first-order chi connectivity index (χ1) is 7.06. The van der Waals surface area contributed by atoms with E-state index in [9.17, 15) is 20.2 Å². The zero-order valence-corrected chi connectivity index (χ0v) is 7.31. The number of benzene rings is 1. The van der Waals surface area contributed by atoms with Crippen LogP contribution < -0.4 is 5.12 Å². The van der Waals surface area contributed by atoms with Gasteiger partial charge in [-0.15, -0.1) is 0 Å². The Bertz CT molecular complexity index is 402. The Balaban J connectivity index is 3.02. The van der Waals surface area contributed by atoms with Crippen molar-refractivity contribution in [1.29, 1.82) is 0 Å². The average molecular weight is 209 g/mol. The summed E-state index contributed by atoms with van der Waals surface area (Å²) in [6.07, 6.45) is 0. The molecule has 0 spiro atoms. The fourth-order valence-corrected chi connectivity index (χ4v) is 0.911. The Hall–Kier alpha value is -2.51. The predicted octanol–water partition coefficient (Wildman–Crippen LogP) is 1.09. The average Bonchev–Trinajstić information content (AvgIpc) is 2.19. The first kappa shape index (κ1) is 10.6. The van der Waals surface area contributed by atoms with Gasteiger partial charge in [-0.2, -0.15) is 0 Å². The minimum atomic E-state index is -0.846. The Morgan fingerprint density at radius 1 is 1.20 bits per heavy atom. The number of hydrogen-bond donors (Lipinski definition) is 0. The summed E-state index contributed by atoms with van der Waals surface area (Å²) in [6.45, 7) is 4.78. The quantitative estimate of drug-likeness (QED) is 0.419. The molecule has 1 rings (SSSR count). The van der Waals surface area contributed by atoms with Crippen LogP contribution in [0.4, 0.5) is 11.4 Å². The van der Waals surface area contributed by atoms with Gasteiger partial charge in [-0.3, -0.25) is 10.1 Å². The molecule has 1 radical (unpaired) electrons. The van der Waals surface area contributed by atoms with Crippen molar-refractivity contribution in [3.63, 3.8) is 0 Å². The third kappa shape index (κ3) is 2.24. The topological polar surface area (TPSA) is 102 Å². The molecule has 0 unspecified atom stereocenters. The molecule has 0 saturated heterocycles. The van der Waals surface area contributed by atoms with Crippen LogP contribution in [0.2, 0.25) is 0 Å². The summed E-state index contributed by atoms with van der Waals surface area (Å²) in [5.41, 5.74) is -0.132. The number of nitro benzene ring substituents is 1. The minimum Gasteiger partial charge on any atom is -0.339 e. The van der Waals surface area contributed by atoms with Crippen molar-refractivity contribution >= 4 is 18.1 Å². The van der Waals surface area contributed by atoms with Crippen molar-refractivity contribution in [3.8, 4) is 0 Å². The lowest BCUT2D eigenvalue weighted by molar-refractivity contribution is -0.495. The Morgan fingerprint density at radius 3 is 2.07 bits per heavy atom. The number of rotatable bonds is 4. The molecule has 0 amide bonds. The number of anilines is 1. The van der Waals surface area contributed by atoms with Crippen molar-refractivity contribution in [1.82, 2.24) is 0 Å². The van der Waals surface area contributed by atoms with E-state index in [-0.39, 0.29) is 11.4 Å². The number of hydrogen-bond acceptors (Lipinski definition) is 5. The SMILES string of the molecule is [CH]=NN(c1ccc([N+](=O)[O-])cc1)[N+](=O)[O-]. The van der Waals surface area contributed by atoms with Crippen LogP contribution in [-0.2, 0) is 0 Å². The van der Waals surface area contributed by atoms with Crippen LogP contribution in [0.3, 0.4) is 0 Å². The highest BCUT2D eigenvalue weighted by Crippen LogP contribution is 2.19. The lowest BCUT2D eigenvalue weighted by Gasteiger charge is -2.06. The summed E-state index contributed by atoms with van der Waals surface area (Å²) in [5.74, 6) is 0. The highest BCUT2D eigenvalue weighted by molar-refractivity contribution is 5.49. The van der Waals surface area contributed by atoms with E-state index in [1.807, 2.05) is 0 Å². The van der Waals surface area contributed by atoms with E-state index in [1.165, 1.54) is 12.1 Å². The molecular weight excluding hydrogens is 204 g/mol. The van der Waals surface area contributed by atoms with Crippen LogP contribution in [0, 0.1) is 20.2 Å². The summed E-state index contributed by atoms with van der Waals surface area (Å²) in [7, 11) is 0. The molecule has 1 aromatic carbocycles. The fourth-order valence-electron chi connectivity index (χ4n) is 0.911. The van der Waals surface area contributed by atoms with E-state index in [0.717, 1.165) is 12.1 Å². The van der Waals surface area contributed by atoms with E-state index in [2.05, 4.69) is 5.10 Å². The zero-order chi connectivity index (χ0) is 11.4. The largest absolute Gasteiger partial charge is 0.339 e. The summed E-state index contributed by atoms with van der Waals surface area (Å²) in [4.78, 5) is 20.1. The van der Waals surface area contributed by atoms with E-state index in [4.69, 9.17) is 6.72 Å². The van der Waals surface area contributed by atoms with Gasteiger partial charge in [-0.1, -0.05) is 0 Å². The predicted molar refractivity (Wildman–Crippen MR) is 51.1 cm³/mol. The molecule has 0 aliphatic rings. The molecule has 0 aliphatic carbocycles. The Kier molecular flexibility index (Phi) is 2.91. The van der Waals surface area contributed by atoms with E-state index in [0.29, 0.717) is 5.12 Å². The number of nitrogens with zero attached hydrogens (tertiary/aromatic N) is 4. The monoisotopic (exact) mass is 209 g/mol. The zero-order valence-electron chi connectivity index (χ0n) is 7.31. The van der Waals surface area contributed by atoms with Crippen LogP contribution >= 0.6 is 0 Å². The summed E-state index contributed by atoms with van der Waals surface area (Å²) < 4.78 is 0. The number of nitro groups is 2. The molecule has 8 nitrogen and oxygen atoms in total. The first-order valence-electron chi connectivity index (χ1n) is 3.66. The van der Waals surface area contributed by atoms with Crippen LogP contribution in [0.15, 0.2) is 29.4 Å². The van der Waals surface area contributed by atoms with E-state index >= 15 is 0 Å². The summed E-state index contributed by atoms with van der Waals surface area (Å²) in [6, 6.07) is 4.60. The van der Waals surface area contributed by atoms with Crippen LogP contribution in [0.1, 0.15) is 0 Å². The van der Waals surface area contributed by atoms with Gasteiger partial charge in [0, 0.05) is 22.4 Å². The van der Waals surface area contributed by atoms with Gasteiger partial charge in [0.2, 0.25) is 6.72 Å². The Morgan fingerprint density at radius 2 is 1.73 bits per heavy atom. The molecular formula is C7H5N4O4. The molecule has 0 aromatic heterocycles. The molecule has 0 N–H and O–H groups in total. The van der Waals surface area contributed by atoms with Crippen molar-refractivity contribution in [2.45, 2.75) is 0 Å². The highest BCUT2D eigenvalue weighted by Gasteiger charge is 2.15. The van der Waals surface area contributed by atoms with Crippen LogP contribution in [0.5, 0.6) is 0 Å². The van der Waals surface area contributed by atoms with Crippen molar-refractivity contribution in [2.24, 2.45) is 5.10 Å². The second-order valence-electron chi connectivity index (χ2n) is 2.42. The molecule has 15 heavy (non-hydrogen) atoms. The molecule has 0 aliphatic heterocycles. The van der Waals surface area contributed by atoms with Gasteiger partial charge in [0.05, 0.1) is 9.96 Å². The van der Waals surface area contributed by atoms with Crippen LogP contribution in [-0.4, -0.2) is 16.7 Å². The van der Waals surface area contributed by atoms with Gasteiger partial charge in [0.1, 0.15) is 5.69 Å². The summed E-state index contributed by atoms with van der Waals surface area (Å²) >= 11 is 0. The third-order valence-electron chi connectivity index (χ3n) is 1.56. The molecule has 77 valence electrons. The lowest BCUT2D eigenvalue weighted by Crippen LogP contribution is -2.22. The minimum absolute atomic E-state index is 0.0353. The maximum absolute atomic E-state index is 10.4. The normalized spacial score (nSPS) is 9.33. The van der Waals surface area contributed by atoms with Gasteiger partial charge in [-0.25, -0.2) is 0 Å². The van der Waals surface area contributed by atoms with Gasteiger partial charge in [0.25, 0.3) is 5.69 Å². The van der Waals surface area contributed by atoms with Crippen molar-refractivity contribution < 1.29 is 9.96 Å². The second-order valence-corrected chi connectivity index (χ2v) is 2.42. The van der Waals surface area contributed by atoms with Gasteiger partial charge < -0.3 is 10.1 Å². The van der Waals surface area contributed by atoms with Crippen LogP contribution in [0.25, 0.3) is 0 Å². The first-order valence-corrected chi connectivity index (χ1v) is 3.66. The van der Waals surface area contributed by atoms with Gasteiger partial charge in [-0.05, 0) is 12.1 Å².